The van der Waals surface area contributed by atoms with E-state index in [0.29, 0.717) is 11.5 Å². The molecule has 0 heterocycles. The number of nitro groups is 1. The first kappa shape index (κ1) is 16.4. The Morgan fingerprint density at radius 2 is 2.29 bits per heavy atom. The van der Waals surface area contributed by atoms with Crippen molar-refractivity contribution in [3.8, 4) is 5.75 Å². The highest BCUT2D eigenvalue weighted by atomic mass is 16.6. The standard InChI is InChI=1S/C17H21N3O4/c1-17-8-4-3-5-12(17)15(17)16(21)19-18-10-11-6-7-14(24-2)13(9-11)20(22)23/h6-7,9-10,12,15H,3-5,8H2,1-2H3,(H,19,21)/b18-10-/t12-,15+,17-/m1/s1. The normalized spacial score (nSPS) is 28.2. The van der Waals surface area contributed by atoms with Gasteiger partial charge in [-0.1, -0.05) is 19.8 Å². The number of benzene rings is 1. The number of amides is 1. The van der Waals surface area contributed by atoms with Crippen molar-refractivity contribution in [1.82, 2.24) is 5.43 Å². The Hall–Kier alpha value is -2.44. The van der Waals surface area contributed by atoms with Gasteiger partial charge >= 0.3 is 5.69 Å². The van der Waals surface area contributed by atoms with Gasteiger partial charge in [0.15, 0.2) is 5.75 Å². The lowest BCUT2D eigenvalue weighted by atomic mass is 9.90. The molecule has 1 aromatic carbocycles. The number of rotatable bonds is 5. The van der Waals surface area contributed by atoms with Gasteiger partial charge in [0.1, 0.15) is 0 Å². The smallest absolute Gasteiger partial charge is 0.311 e. The van der Waals surface area contributed by atoms with E-state index in [-0.39, 0.29) is 28.7 Å². The van der Waals surface area contributed by atoms with Gasteiger partial charge in [-0.2, -0.15) is 5.10 Å². The summed E-state index contributed by atoms with van der Waals surface area (Å²) >= 11 is 0. The van der Waals surface area contributed by atoms with Crippen molar-refractivity contribution >= 4 is 17.8 Å². The molecule has 0 radical (unpaired) electrons. The molecule has 1 amide bonds. The van der Waals surface area contributed by atoms with Crippen molar-refractivity contribution in [3.63, 3.8) is 0 Å². The van der Waals surface area contributed by atoms with E-state index in [4.69, 9.17) is 4.74 Å². The van der Waals surface area contributed by atoms with E-state index in [1.165, 1.54) is 38.3 Å². The van der Waals surface area contributed by atoms with Gasteiger partial charge in [-0.25, -0.2) is 5.43 Å². The van der Waals surface area contributed by atoms with Crippen LogP contribution in [0.15, 0.2) is 23.3 Å². The number of ether oxygens (including phenoxy) is 1. The molecule has 0 unspecified atom stereocenters. The van der Waals surface area contributed by atoms with Gasteiger partial charge in [0, 0.05) is 17.5 Å². The summed E-state index contributed by atoms with van der Waals surface area (Å²) in [7, 11) is 1.38. The average molecular weight is 331 g/mol. The topological polar surface area (TPSA) is 93.8 Å². The van der Waals surface area contributed by atoms with Gasteiger partial charge in [-0.3, -0.25) is 14.9 Å². The zero-order valence-corrected chi connectivity index (χ0v) is 13.8. The second-order valence-electron chi connectivity index (χ2n) is 6.76. The van der Waals surface area contributed by atoms with E-state index in [1.54, 1.807) is 6.07 Å². The Kier molecular flexibility index (Phi) is 4.26. The van der Waals surface area contributed by atoms with Crippen LogP contribution >= 0.6 is 0 Å². The van der Waals surface area contributed by atoms with Gasteiger partial charge in [0.05, 0.1) is 18.2 Å². The third-order valence-corrected chi connectivity index (χ3v) is 5.40. The summed E-state index contributed by atoms with van der Waals surface area (Å²) in [5, 5.41) is 15.0. The van der Waals surface area contributed by atoms with Gasteiger partial charge in [0.25, 0.3) is 0 Å². The van der Waals surface area contributed by atoms with Gasteiger partial charge in [-0.05, 0) is 36.3 Å². The summed E-state index contributed by atoms with van der Waals surface area (Å²) in [6.45, 7) is 2.18. The highest BCUT2D eigenvalue weighted by molar-refractivity contribution is 5.86. The molecule has 24 heavy (non-hydrogen) atoms. The predicted molar refractivity (Wildman–Crippen MR) is 88.9 cm³/mol. The molecule has 3 atom stereocenters. The van der Waals surface area contributed by atoms with E-state index < -0.39 is 4.92 Å². The van der Waals surface area contributed by atoms with Crippen LogP contribution in [0.4, 0.5) is 5.69 Å². The highest BCUT2D eigenvalue weighted by Gasteiger charge is 2.64. The number of hydrogen-bond donors (Lipinski definition) is 1. The molecule has 2 fully saturated rings. The quantitative estimate of drug-likeness (QED) is 0.510. The number of hydrazone groups is 1. The summed E-state index contributed by atoms with van der Waals surface area (Å²) < 4.78 is 4.95. The lowest BCUT2D eigenvalue weighted by Crippen LogP contribution is -2.22. The molecule has 1 N–H and O–H groups in total. The number of carbonyl (C=O) groups excluding carboxylic acids is 1. The van der Waals surface area contributed by atoms with E-state index in [2.05, 4.69) is 17.5 Å². The number of nitrogens with zero attached hydrogens (tertiary/aromatic N) is 2. The van der Waals surface area contributed by atoms with Crippen molar-refractivity contribution in [2.45, 2.75) is 32.6 Å². The molecule has 7 nitrogen and oxygen atoms in total. The second-order valence-corrected chi connectivity index (χ2v) is 6.76. The fourth-order valence-electron chi connectivity index (χ4n) is 4.02. The number of nitro benzene ring substituents is 1. The largest absolute Gasteiger partial charge is 0.490 e. The summed E-state index contributed by atoms with van der Waals surface area (Å²) in [5.74, 6) is 0.658. The predicted octanol–water partition coefficient (Wildman–Crippen LogP) is 2.88. The number of hydrogen-bond acceptors (Lipinski definition) is 5. The van der Waals surface area contributed by atoms with Crippen LogP contribution in [0.25, 0.3) is 0 Å². The maximum atomic E-state index is 12.3. The van der Waals surface area contributed by atoms with Crippen LogP contribution in [0.1, 0.15) is 38.2 Å². The Balaban J connectivity index is 1.64. The maximum Gasteiger partial charge on any atom is 0.311 e. The van der Waals surface area contributed by atoms with E-state index in [9.17, 15) is 14.9 Å². The third kappa shape index (κ3) is 2.86. The molecule has 2 aliphatic carbocycles. The third-order valence-electron chi connectivity index (χ3n) is 5.40. The van der Waals surface area contributed by atoms with Crippen LogP contribution in [-0.2, 0) is 4.79 Å². The zero-order valence-electron chi connectivity index (χ0n) is 13.8. The molecule has 0 bridgehead atoms. The van der Waals surface area contributed by atoms with Crippen LogP contribution in [-0.4, -0.2) is 24.2 Å². The second kappa shape index (κ2) is 6.22. The molecular weight excluding hydrogens is 310 g/mol. The van der Waals surface area contributed by atoms with Crippen molar-refractivity contribution in [2.75, 3.05) is 7.11 Å². The van der Waals surface area contributed by atoms with Crippen LogP contribution < -0.4 is 10.2 Å². The Bertz CT molecular complexity index is 703. The van der Waals surface area contributed by atoms with Crippen molar-refractivity contribution in [3.05, 3.63) is 33.9 Å². The molecule has 0 aromatic heterocycles. The Labute approximate surface area is 140 Å². The van der Waals surface area contributed by atoms with Gasteiger partial charge in [-0.15, -0.1) is 0 Å². The van der Waals surface area contributed by atoms with Crippen LogP contribution in [0, 0.1) is 27.4 Å². The molecule has 0 aliphatic heterocycles. The highest BCUT2D eigenvalue weighted by Crippen LogP contribution is 2.66. The molecule has 2 aliphatic rings. The Morgan fingerprint density at radius 3 is 2.92 bits per heavy atom. The minimum atomic E-state index is -0.509. The summed E-state index contributed by atoms with van der Waals surface area (Å²) in [6.07, 6.45) is 6.02. The van der Waals surface area contributed by atoms with Crippen molar-refractivity contribution < 1.29 is 14.5 Å². The lowest BCUT2D eigenvalue weighted by molar-refractivity contribution is -0.385. The fourth-order valence-corrected chi connectivity index (χ4v) is 4.02. The minimum absolute atomic E-state index is 0.0438. The molecule has 1 aromatic rings. The maximum absolute atomic E-state index is 12.3. The van der Waals surface area contributed by atoms with Crippen LogP contribution in [0.5, 0.6) is 5.75 Å². The monoisotopic (exact) mass is 331 g/mol. The van der Waals surface area contributed by atoms with Gasteiger partial charge in [0.2, 0.25) is 5.91 Å². The molecule has 0 saturated heterocycles. The molecular formula is C17H21N3O4. The first-order chi connectivity index (χ1) is 11.5. The zero-order chi connectivity index (χ0) is 17.3. The fraction of sp³-hybridized carbons (Fsp3) is 0.529. The lowest BCUT2D eigenvalue weighted by Gasteiger charge is -2.15. The number of methoxy groups -OCH3 is 1. The van der Waals surface area contributed by atoms with E-state index in [0.717, 1.165) is 12.8 Å². The number of carbonyl (C=O) groups is 1. The van der Waals surface area contributed by atoms with Crippen LogP contribution in [0.2, 0.25) is 0 Å². The number of nitrogens with one attached hydrogen (secondary N) is 1. The average Bonchev–Trinajstić information content (AvgIpc) is 3.20. The number of fused-ring (bicyclic) bond motifs is 1. The summed E-state index contributed by atoms with van der Waals surface area (Å²) in [5.41, 5.74) is 3.12. The first-order valence-electron chi connectivity index (χ1n) is 8.12. The van der Waals surface area contributed by atoms with Gasteiger partial charge < -0.3 is 4.74 Å². The molecule has 7 heteroatoms. The van der Waals surface area contributed by atoms with Crippen molar-refractivity contribution in [1.29, 1.82) is 0 Å². The van der Waals surface area contributed by atoms with Crippen molar-refractivity contribution in [2.24, 2.45) is 22.4 Å². The molecule has 2 saturated carbocycles. The molecule has 128 valence electrons. The SMILES string of the molecule is COc1ccc(/C=N\NC(=O)[C@@H]2[C@H]3CCCC[C@]32C)cc1[N+](=O)[O-]. The van der Waals surface area contributed by atoms with Crippen LogP contribution in [0.3, 0.4) is 0 Å². The molecule has 3 rings (SSSR count). The van der Waals surface area contributed by atoms with E-state index >= 15 is 0 Å². The minimum Gasteiger partial charge on any atom is -0.490 e. The Morgan fingerprint density at radius 1 is 1.50 bits per heavy atom. The van der Waals surface area contributed by atoms with E-state index in [1.807, 2.05) is 0 Å². The summed E-state index contributed by atoms with van der Waals surface area (Å²) in [6, 6.07) is 4.53. The first-order valence-corrected chi connectivity index (χ1v) is 8.12. The molecule has 0 spiro atoms. The summed E-state index contributed by atoms with van der Waals surface area (Å²) in [4.78, 5) is 22.8.